The van der Waals surface area contributed by atoms with Gasteiger partial charge in [0.15, 0.2) is 0 Å². The lowest BCUT2D eigenvalue weighted by molar-refractivity contribution is 0.579. The number of imidazole rings is 1. The second kappa shape index (κ2) is 5.11. The lowest BCUT2D eigenvalue weighted by Crippen LogP contribution is -2.04. The van der Waals surface area contributed by atoms with Crippen molar-refractivity contribution in [2.24, 2.45) is 7.05 Å². The molecule has 0 aliphatic heterocycles. The Bertz CT molecular complexity index is 371. The summed E-state index contributed by atoms with van der Waals surface area (Å²) < 4.78 is 2.07. The fourth-order valence-corrected chi connectivity index (χ4v) is 2.92. The van der Waals surface area contributed by atoms with Crippen LogP contribution in [-0.2, 0) is 7.05 Å². The van der Waals surface area contributed by atoms with Crippen molar-refractivity contribution in [2.45, 2.75) is 64.2 Å². The molecule has 1 saturated carbocycles. The Morgan fingerprint density at radius 2 is 1.76 bits per heavy atom. The molecule has 0 saturated heterocycles. The van der Waals surface area contributed by atoms with Gasteiger partial charge < -0.3 is 10.3 Å². The first-order chi connectivity index (χ1) is 8.11. The third kappa shape index (κ3) is 2.48. The predicted molar refractivity (Wildman–Crippen MR) is 72.2 cm³/mol. The van der Waals surface area contributed by atoms with Gasteiger partial charge in [0.25, 0.3) is 0 Å². The van der Waals surface area contributed by atoms with E-state index in [9.17, 15) is 0 Å². The van der Waals surface area contributed by atoms with Crippen LogP contribution in [0.2, 0.25) is 0 Å². The molecular weight excluding hydrogens is 210 g/mol. The molecule has 96 valence electrons. The topological polar surface area (TPSA) is 43.8 Å². The third-order valence-electron chi connectivity index (χ3n) is 3.96. The fourth-order valence-electron chi connectivity index (χ4n) is 2.92. The van der Waals surface area contributed by atoms with Crippen LogP contribution in [0.3, 0.4) is 0 Å². The minimum absolute atomic E-state index is 0.446. The highest BCUT2D eigenvalue weighted by atomic mass is 15.1. The van der Waals surface area contributed by atoms with Crippen molar-refractivity contribution < 1.29 is 0 Å². The molecular formula is C14H25N3. The fraction of sp³-hybridized carbons (Fsp3) is 0.786. The zero-order chi connectivity index (χ0) is 12.4. The van der Waals surface area contributed by atoms with Gasteiger partial charge >= 0.3 is 0 Å². The van der Waals surface area contributed by atoms with Crippen molar-refractivity contribution >= 4 is 5.82 Å². The van der Waals surface area contributed by atoms with Crippen molar-refractivity contribution in [2.75, 3.05) is 5.73 Å². The van der Waals surface area contributed by atoms with E-state index in [4.69, 9.17) is 10.7 Å². The summed E-state index contributed by atoms with van der Waals surface area (Å²) in [7, 11) is 2.04. The second-order valence-electron chi connectivity index (χ2n) is 5.64. The number of nitrogen functional groups attached to an aromatic ring is 1. The first kappa shape index (κ1) is 12.5. The maximum atomic E-state index is 6.22. The predicted octanol–water partition coefficient (Wildman–Crippen LogP) is 3.56. The molecule has 2 N–H and O–H groups in total. The first-order valence-corrected chi connectivity index (χ1v) is 6.93. The highest BCUT2D eigenvalue weighted by molar-refractivity contribution is 5.41. The standard InChI is InChI=1S/C14H25N3/c1-10(2)14-16-12(13(15)17(14)3)11-8-6-4-5-7-9-11/h10-11H,4-9,15H2,1-3H3. The van der Waals surface area contributed by atoms with Crippen LogP contribution in [-0.4, -0.2) is 9.55 Å². The maximum Gasteiger partial charge on any atom is 0.126 e. The Balaban J connectivity index is 2.28. The summed E-state index contributed by atoms with van der Waals surface area (Å²) in [5.74, 6) is 3.06. The van der Waals surface area contributed by atoms with Crippen LogP contribution in [0, 0.1) is 0 Å². The van der Waals surface area contributed by atoms with E-state index in [2.05, 4.69) is 18.4 Å². The molecule has 1 heterocycles. The van der Waals surface area contributed by atoms with Crippen LogP contribution in [0.4, 0.5) is 5.82 Å². The van der Waals surface area contributed by atoms with Gasteiger partial charge in [0.05, 0.1) is 5.69 Å². The number of nitrogens with zero attached hydrogens (tertiary/aromatic N) is 2. The molecule has 0 unspecified atom stereocenters. The molecule has 0 aromatic carbocycles. The SMILES string of the molecule is CC(C)c1nc(C2CCCCCC2)c(N)n1C. The van der Waals surface area contributed by atoms with E-state index in [0.29, 0.717) is 11.8 Å². The Morgan fingerprint density at radius 1 is 1.18 bits per heavy atom. The average molecular weight is 235 g/mol. The molecule has 2 rings (SSSR count). The van der Waals surface area contributed by atoms with E-state index in [-0.39, 0.29) is 0 Å². The van der Waals surface area contributed by atoms with Gasteiger partial charge in [-0.05, 0) is 12.8 Å². The van der Waals surface area contributed by atoms with Gasteiger partial charge in [-0.1, -0.05) is 39.5 Å². The average Bonchev–Trinajstić information content (AvgIpc) is 2.52. The van der Waals surface area contributed by atoms with Crippen molar-refractivity contribution in [3.8, 4) is 0 Å². The summed E-state index contributed by atoms with van der Waals surface area (Å²) in [6, 6.07) is 0. The van der Waals surface area contributed by atoms with Gasteiger partial charge in [0.1, 0.15) is 11.6 Å². The van der Waals surface area contributed by atoms with E-state index in [1.807, 2.05) is 7.05 Å². The molecule has 1 aliphatic carbocycles. The normalized spacial score (nSPS) is 18.6. The monoisotopic (exact) mass is 235 g/mol. The molecule has 3 nitrogen and oxygen atoms in total. The van der Waals surface area contributed by atoms with Gasteiger partial charge in [0, 0.05) is 18.9 Å². The van der Waals surface area contributed by atoms with Crippen LogP contribution < -0.4 is 5.73 Å². The van der Waals surface area contributed by atoms with Crippen LogP contribution in [0.1, 0.15) is 75.7 Å². The lowest BCUT2D eigenvalue weighted by Gasteiger charge is -2.12. The number of nitrogens with two attached hydrogens (primary N) is 1. The first-order valence-electron chi connectivity index (χ1n) is 6.93. The number of aromatic nitrogens is 2. The summed E-state index contributed by atoms with van der Waals surface area (Å²) in [5, 5.41) is 0. The Kier molecular flexibility index (Phi) is 3.75. The molecule has 1 aromatic rings. The lowest BCUT2D eigenvalue weighted by atomic mass is 9.96. The van der Waals surface area contributed by atoms with Gasteiger partial charge in [0.2, 0.25) is 0 Å². The maximum absolute atomic E-state index is 6.22. The Hall–Kier alpha value is -0.990. The Morgan fingerprint density at radius 3 is 2.24 bits per heavy atom. The van der Waals surface area contributed by atoms with Crippen LogP contribution >= 0.6 is 0 Å². The Labute approximate surface area is 104 Å². The summed E-state index contributed by atoms with van der Waals surface area (Å²) >= 11 is 0. The number of rotatable bonds is 2. The highest BCUT2D eigenvalue weighted by Crippen LogP contribution is 2.35. The van der Waals surface area contributed by atoms with Gasteiger partial charge in [-0.15, -0.1) is 0 Å². The van der Waals surface area contributed by atoms with E-state index >= 15 is 0 Å². The van der Waals surface area contributed by atoms with E-state index in [1.54, 1.807) is 0 Å². The second-order valence-corrected chi connectivity index (χ2v) is 5.64. The zero-order valence-corrected chi connectivity index (χ0v) is 11.4. The van der Waals surface area contributed by atoms with Crippen LogP contribution in [0.15, 0.2) is 0 Å². The third-order valence-corrected chi connectivity index (χ3v) is 3.96. The van der Waals surface area contributed by atoms with Gasteiger partial charge in [-0.2, -0.15) is 0 Å². The van der Waals surface area contributed by atoms with Crippen LogP contribution in [0.5, 0.6) is 0 Å². The molecule has 3 heteroatoms. The summed E-state index contributed by atoms with van der Waals surface area (Å²) in [6.45, 7) is 4.36. The molecule has 1 fully saturated rings. The smallest absolute Gasteiger partial charge is 0.126 e. The molecule has 0 atom stereocenters. The molecule has 0 radical (unpaired) electrons. The molecule has 1 aromatic heterocycles. The largest absolute Gasteiger partial charge is 0.384 e. The van der Waals surface area contributed by atoms with E-state index in [0.717, 1.165) is 17.3 Å². The molecule has 17 heavy (non-hydrogen) atoms. The molecule has 0 amide bonds. The molecule has 0 spiro atoms. The van der Waals surface area contributed by atoms with E-state index in [1.165, 1.54) is 38.5 Å². The summed E-state index contributed by atoms with van der Waals surface area (Å²) in [4.78, 5) is 4.81. The highest BCUT2D eigenvalue weighted by Gasteiger charge is 2.22. The zero-order valence-electron chi connectivity index (χ0n) is 11.4. The van der Waals surface area contributed by atoms with Crippen molar-refractivity contribution in [1.29, 1.82) is 0 Å². The minimum Gasteiger partial charge on any atom is -0.384 e. The van der Waals surface area contributed by atoms with Crippen LogP contribution in [0.25, 0.3) is 0 Å². The number of hydrogen-bond donors (Lipinski definition) is 1. The molecule has 1 aliphatic rings. The van der Waals surface area contributed by atoms with Crippen molar-refractivity contribution in [1.82, 2.24) is 9.55 Å². The van der Waals surface area contributed by atoms with Crippen molar-refractivity contribution in [3.05, 3.63) is 11.5 Å². The number of anilines is 1. The quantitative estimate of drug-likeness (QED) is 0.796. The van der Waals surface area contributed by atoms with E-state index < -0.39 is 0 Å². The van der Waals surface area contributed by atoms with Gasteiger partial charge in [-0.3, -0.25) is 0 Å². The molecule has 0 bridgehead atoms. The number of hydrogen-bond acceptors (Lipinski definition) is 2. The van der Waals surface area contributed by atoms with Gasteiger partial charge in [-0.25, -0.2) is 4.98 Å². The van der Waals surface area contributed by atoms with Crippen molar-refractivity contribution in [3.63, 3.8) is 0 Å². The summed E-state index contributed by atoms with van der Waals surface area (Å²) in [6.07, 6.45) is 7.94. The summed E-state index contributed by atoms with van der Waals surface area (Å²) in [5.41, 5.74) is 7.39. The minimum atomic E-state index is 0.446.